The number of carbonyl (C=O) groups excluding carboxylic acids is 1. The standard InChI is InChI=1S/C16H18N4OS3/c1-9(22-16-20-19-10(2)23-16)14(21)18-15-12(8-17)11-6-4-3-5-7-13(11)24-15/h9H,3-7H2,1-2H3,(H,18,21). The van der Waals surface area contributed by atoms with Crippen molar-refractivity contribution < 1.29 is 4.79 Å². The number of rotatable bonds is 4. The van der Waals surface area contributed by atoms with Gasteiger partial charge in [-0.1, -0.05) is 29.5 Å². The maximum Gasteiger partial charge on any atom is 0.238 e. The molecule has 0 aromatic carbocycles. The summed E-state index contributed by atoms with van der Waals surface area (Å²) < 4.78 is 0.789. The Hall–Kier alpha value is -1.43. The zero-order valence-corrected chi connectivity index (χ0v) is 16.0. The fraction of sp³-hybridized carbons (Fsp3) is 0.500. The van der Waals surface area contributed by atoms with Gasteiger partial charge in [-0.25, -0.2) is 0 Å². The molecule has 0 saturated heterocycles. The molecular weight excluding hydrogens is 360 g/mol. The number of anilines is 1. The molecule has 2 aromatic rings. The third kappa shape index (κ3) is 3.79. The van der Waals surface area contributed by atoms with E-state index >= 15 is 0 Å². The van der Waals surface area contributed by atoms with Gasteiger partial charge in [-0.3, -0.25) is 4.79 Å². The van der Waals surface area contributed by atoms with E-state index < -0.39 is 0 Å². The molecule has 0 spiro atoms. The quantitative estimate of drug-likeness (QED) is 0.638. The van der Waals surface area contributed by atoms with Crippen LogP contribution >= 0.6 is 34.4 Å². The van der Waals surface area contributed by atoms with Gasteiger partial charge in [-0.2, -0.15) is 5.26 Å². The highest BCUT2D eigenvalue weighted by molar-refractivity contribution is 8.02. The van der Waals surface area contributed by atoms with Gasteiger partial charge < -0.3 is 5.32 Å². The first-order chi connectivity index (χ1) is 11.6. The smallest absolute Gasteiger partial charge is 0.238 e. The lowest BCUT2D eigenvalue weighted by molar-refractivity contribution is -0.115. The van der Waals surface area contributed by atoms with Gasteiger partial charge >= 0.3 is 0 Å². The van der Waals surface area contributed by atoms with E-state index in [9.17, 15) is 10.1 Å². The molecule has 1 unspecified atom stereocenters. The molecule has 24 heavy (non-hydrogen) atoms. The summed E-state index contributed by atoms with van der Waals surface area (Å²) in [6, 6.07) is 2.30. The van der Waals surface area contributed by atoms with Crippen LogP contribution in [0.3, 0.4) is 0 Å². The fourth-order valence-corrected chi connectivity index (χ4v) is 5.90. The van der Waals surface area contributed by atoms with Crippen LogP contribution in [0.15, 0.2) is 4.34 Å². The van der Waals surface area contributed by atoms with Gasteiger partial charge in [0.2, 0.25) is 5.91 Å². The summed E-state index contributed by atoms with van der Waals surface area (Å²) in [5.74, 6) is -0.0965. The Labute approximate surface area is 153 Å². The highest BCUT2D eigenvalue weighted by Gasteiger charge is 2.23. The Kier molecular flexibility index (Phi) is 5.54. The van der Waals surface area contributed by atoms with Gasteiger partial charge in [0.25, 0.3) is 0 Å². The van der Waals surface area contributed by atoms with Gasteiger partial charge in [0.15, 0.2) is 4.34 Å². The van der Waals surface area contributed by atoms with E-state index in [0.29, 0.717) is 10.6 Å². The fourth-order valence-electron chi connectivity index (χ4n) is 2.69. The van der Waals surface area contributed by atoms with Crippen molar-refractivity contribution in [3.63, 3.8) is 0 Å². The van der Waals surface area contributed by atoms with Crippen LogP contribution in [0.1, 0.15) is 47.2 Å². The molecule has 1 aliphatic rings. The zero-order valence-electron chi connectivity index (χ0n) is 13.6. The van der Waals surface area contributed by atoms with E-state index in [1.807, 2.05) is 13.8 Å². The molecule has 0 radical (unpaired) electrons. The lowest BCUT2D eigenvalue weighted by Crippen LogP contribution is -2.22. The Bertz CT molecular complexity index is 790. The Morgan fingerprint density at radius 3 is 2.79 bits per heavy atom. The van der Waals surface area contributed by atoms with Crippen molar-refractivity contribution in [2.24, 2.45) is 0 Å². The number of nitriles is 1. The number of aromatic nitrogens is 2. The number of hydrogen-bond acceptors (Lipinski definition) is 7. The van der Waals surface area contributed by atoms with Crippen LogP contribution in [0, 0.1) is 18.3 Å². The lowest BCUT2D eigenvalue weighted by Gasteiger charge is -2.09. The van der Waals surface area contributed by atoms with Crippen molar-refractivity contribution in [1.82, 2.24) is 10.2 Å². The van der Waals surface area contributed by atoms with Gasteiger partial charge in [0.05, 0.1) is 10.8 Å². The van der Waals surface area contributed by atoms with E-state index in [4.69, 9.17) is 0 Å². The Morgan fingerprint density at radius 2 is 2.08 bits per heavy atom. The third-order valence-corrected chi connectivity index (χ3v) is 7.15. The molecule has 3 rings (SSSR count). The molecule has 1 amide bonds. The van der Waals surface area contributed by atoms with Crippen molar-refractivity contribution in [3.8, 4) is 6.07 Å². The molecule has 1 aliphatic carbocycles. The molecule has 2 aromatic heterocycles. The summed E-state index contributed by atoms with van der Waals surface area (Å²) in [5, 5.41) is 21.8. The van der Waals surface area contributed by atoms with E-state index in [2.05, 4.69) is 21.6 Å². The highest BCUT2D eigenvalue weighted by Crippen LogP contribution is 2.37. The number of thiophene rings is 1. The van der Waals surface area contributed by atoms with E-state index in [1.54, 1.807) is 11.3 Å². The van der Waals surface area contributed by atoms with Crippen LogP contribution in [0.4, 0.5) is 5.00 Å². The molecule has 0 bridgehead atoms. The number of hydrogen-bond donors (Lipinski definition) is 1. The minimum absolute atomic E-state index is 0.0965. The molecule has 0 fully saturated rings. The molecular formula is C16H18N4OS3. The normalized spacial score (nSPS) is 15.2. The summed E-state index contributed by atoms with van der Waals surface area (Å²) in [6.07, 6.45) is 5.45. The molecule has 0 aliphatic heterocycles. The van der Waals surface area contributed by atoms with E-state index in [1.165, 1.54) is 34.4 Å². The summed E-state index contributed by atoms with van der Waals surface area (Å²) >= 11 is 4.45. The number of carbonyl (C=O) groups is 1. The predicted molar refractivity (Wildman–Crippen MR) is 98.9 cm³/mol. The monoisotopic (exact) mass is 378 g/mol. The zero-order chi connectivity index (χ0) is 17.1. The first-order valence-corrected chi connectivity index (χ1v) is 10.4. The second-order valence-corrected chi connectivity index (χ2v) is 9.59. The van der Waals surface area contributed by atoms with Gasteiger partial charge in [-0.15, -0.1) is 21.5 Å². The molecule has 1 atom stereocenters. The highest BCUT2D eigenvalue weighted by atomic mass is 32.2. The summed E-state index contributed by atoms with van der Waals surface area (Å²) in [6.45, 7) is 3.74. The molecule has 126 valence electrons. The maximum atomic E-state index is 12.5. The van der Waals surface area contributed by atoms with Crippen LogP contribution in [0.5, 0.6) is 0 Å². The van der Waals surface area contributed by atoms with Crippen molar-refractivity contribution in [2.45, 2.75) is 55.5 Å². The van der Waals surface area contributed by atoms with Crippen molar-refractivity contribution in [2.75, 3.05) is 5.32 Å². The van der Waals surface area contributed by atoms with E-state index in [0.717, 1.165) is 40.6 Å². The van der Waals surface area contributed by atoms with Crippen molar-refractivity contribution in [1.29, 1.82) is 5.26 Å². The van der Waals surface area contributed by atoms with Crippen molar-refractivity contribution >= 4 is 45.3 Å². The third-order valence-electron chi connectivity index (χ3n) is 3.92. The van der Waals surface area contributed by atoms with Crippen molar-refractivity contribution in [3.05, 3.63) is 21.0 Å². The topological polar surface area (TPSA) is 78.7 Å². The number of thioether (sulfide) groups is 1. The number of nitrogens with zero attached hydrogens (tertiary/aromatic N) is 3. The van der Waals surface area contributed by atoms with Gasteiger partial charge in [-0.05, 0) is 45.1 Å². The number of nitrogens with one attached hydrogen (secondary N) is 1. The van der Waals surface area contributed by atoms with Crippen LogP contribution in [0.2, 0.25) is 0 Å². The van der Waals surface area contributed by atoms with Crippen LogP contribution in [-0.2, 0) is 17.6 Å². The van der Waals surface area contributed by atoms with Crippen LogP contribution in [-0.4, -0.2) is 21.4 Å². The first kappa shape index (κ1) is 17.4. The number of fused-ring (bicyclic) bond motifs is 1. The minimum Gasteiger partial charge on any atom is -0.316 e. The summed E-state index contributed by atoms with van der Waals surface area (Å²) in [7, 11) is 0. The molecule has 0 saturated carbocycles. The minimum atomic E-state index is -0.286. The molecule has 2 heterocycles. The molecule has 5 nitrogen and oxygen atoms in total. The second-order valence-electron chi connectivity index (χ2n) is 5.72. The summed E-state index contributed by atoms with van der Waals surface area (Å²) in [5.41, 5.74) is 1.81. The number of aryl methyl sites for hydroxylation is 2. The maximum absolute atomic E-state index is 12.5. The first-order valence-electron chi connectivity index (χ1n) is 7.90. The van der Waals surface area contributed by atoms with E-state index in [-0.39, 0.29) is 11.2 Å². The van der Waals surface area contributed by atoms with Crippen LogP contribution in [0.25, 0.3) is 0 Å². The van der Waals surface area contributed by atoms with Gasteiger partial charge in [0, 0.05) is 4.88 Å². The SMILES string of the molecule is Cc1nnc(SC(C)C(=O)Nc2sc3c(c2C#N)CCCCC3)s1. The average Bonchev–Trinajstić information content (AvgIpc) is 3.02. The second kappa shape index (κ2) is 7.64. The largest absolute Gasteiger partial charge is 0.316 e. The van der Waals surface area contributed by atoms with Crippen LogP contribution < -0.4 is 5.32 Å². The summed E-state index contributed by atoms with van der Waals surface area (Å²) in [4.78, 5) is 13.8. The molecule has 8 heteroatoms. The lowest BCUT2D eigenvalue weighted by atomic mass is 10.1. The molecule has 1 N–H and O–H groups in total. The van der Waals surface area contributed by atoms with Gasteiger partial charge in [0.1, 0.15) is 16.1 Å². The average molecular weight is 379 g/mol. The predicted octanol–water partition coefficient (Wildman–Crippen LogP) is 4.17. The Morgan fingerprint density at radius 1 is 1.29 bits per heavy atom. The Balaban J connectivity index is 1.73. The number of amides is 1.